The summed E-state index contributed by atoms with van der Waals surface area (Å²) in [4.78, 5) is 2.21. The van der Waals surface area contributed by atoms with Gasteiger partial charge in [0.15, 0.2) is 0 Å². The SMILES string of the molecule is C=C1Nc2c(Cl)cc3cc(CN(CCO)C(C)C)oc3c2C2(CCCCC2)N1. The van der Waals surface area contributed by atoms with E-state index in [1.54, 1.807) is 0 Å². The summed E-state index contributed by atoms with van der Waals surface area (Å²) in [5.41, 5.74) is 2.82. The van der Waals surface area contributed by atoms with Gasteiger partial charge in [0, 0.05) is 23.5 Å². The van der Waals surface area contributed by atoms with Crippen molar-refractivity contribution < 1.29 is 9.52 Å². The maximum Gasteiger partial charge on any atom is 0.142 e. The summed E-state index contributed by atoms with van der Waals surface area (Å²) in [6.45, 7) is 9.82. The van der Waals surface area contributed by atoms with Crippen LogP contribution in [0.5, 0.6) is 0 Å². The van der Waals surface area contributed by atoms with Crippen molar-refractivity contribution in [2.75, 3.05) is 18.5 Å². The summed E-state index contributed by atoms with van der Waals surface area (Å²) in [5.74, 6) is 1.70. The number of nitrogens with zero attached hydrogens (tertiary/aromatic N) is 1. The van der Waals surface area contributed by atoms with Crippen LogP contribution in [0.2, 0.25) is 5.02 Å². The van der Waals surface area contributed by atoms with Crippen molar-refractivity contribution in [1.82, 2.24) is 10.2 Å². The first-order chi connectivity index (χ1) is 13.4. The predicted octanol–water partition coefficient (Wildman–Crippen LogP) is 4.93. The second-order valence-electron chi connectivity index (χ2n) is 8.40. The van der Waals surface area contributed by atoms with Gasteiger partial charge in [-0.25, -0.2) is 0 Å². The highest BCUT2D eigenvalue weighted by molar-refractivity contribution is 6.34. The van der Waals surface area contributed by atoms with E-state index in [0.717, 1.165) is 46.6 Å². The minimum absolute atomic E-state index is 0.138. The van der Waals surface area contributed by atoms with E-state index in [2.05, 4.69) is 42.0 Å². The monoisotopic (exact) mass is 403 g/mol. The number of halogens is 1. The first-order valence-electron chi connectivity index (χ1n) is 10.3. The lowest BCUT2D eigenvalue weighted by Crippen LogP contribution is -2.48. The number of benzene rings is 1. The van der Waals surface area contributed by atoms with Gasteiger partial charge in [0.2, 0.25) is 0 Å². The third-order valence-corrected chi connectivity index (χ3v) is 6.44. The van der Waals surface area contributed by atoms with E-state index in [1.165, 1.54) is 19.3 Å². The Kier molecular flexibility index (Phi) is 5.34. The van der Waals surface area contributed by atoms with Gasteiger partial charge in [-0.3, -0.25) is 4.90 Å². The molecule has 0 unspecified atom stereocenters. The molecule has 0 bridgehead atoms. The molecule has 1 spiro atoms. The Morgan fingerprint density at radius 2 is 2.04 bits per heavy atom. The Labute approximate surface area is 171 Å². The van der Waals surface area contributed by atoms with Crippen molar-refractivity contribution in [3.8, 4) is 0 Å². The van der Waals surface area contributed by atoms with Crippen LogP contribution in [-0.4, -0.2) is 29.2 Å². The largest absolute Gasteiger partial charge is 0.459 e. The molecule has 4 rings (SSSR count). The fourth-order valence-corrected chi connectivity index (χ4v) is 5.03. The molecule has 1 aliphatic heterocycles. The Hall–Kier alpha value is -1.69. The second-order valence-corrected chi connectivity index (χ2v) is 8.81. The molecular formula is C22H30ClN3O2. The van der Waals surface area contributed by atoms with Gasteiger partial charge < -0.3 is 20.2 Å². The molecular weight excluding hydrogens is 374 g/mol. The highest BCUT2D eigenvalue weighted by Gasteiger charge is 2.42. The van der Waals surface area contributed by atoms with E-state index in [9.17, 15) is 5.11 Å². The lowest BCUT2D eigenvalue weighted by Gasteiger charge is -2.44. The highest BCUT2D eigenvalue weighted by Crippen LogP contribution is 2.49. The smallest absolute Gasteiger partial charge is 0.142 e. The molecule has 2 heterocycles. The second kappa shape index (κ2) is 7.62. The quantitative estimate of drug-likeness (QED) is 0.660. The lowest BCUT2D eigenvalue weighted by molar-refractivity contribution is 0.151. The van der Waals surface area contributed by atoms with Crippen LogP contribution in [0.4, 0.5) is 5.69 Å². The van der Waals surface area contributed by atoms with Gasteiger partial charge in [-0.2, -0.15) is 0 Å². The standard InChI is InChI=1S/C22H30ClN3O2/c1-14(2)26(9-10-27)13-17-11-16-12-18(23)20-19(21(16)28-17)22(25-15(3)24-20)7-5-4-6-8-22/h11-12,14,24-25,27H,3-10,13H2,1-2H3. The van der Waals surface area contributed by atoms with Gasteiger partial charge in [0.25, 0.3) is 0 Å². The fourth-order valence-electron chi connectivity index (χ4n) is 4.77. The normalized spacial score (nSPS) is 18.6. The Balaban J connectivity index is 1.82. The molecule has 2 aromatic rings. The van der Waals surface area contributed by atoms with Crippen LogP contribution in [0.1, 0.15) is 57.3 Å². The molecule has 3 N–H and O–H groups in total. The van der Waals surface area contributed by atoms with Crippen LogP contribution < -0.4 is 10.6 Å². The van der Waals surface area contributed by atoms with E-state index in [4.69, 9.17) is 16.0 Å². The van der Waals surface area contributed by atoms with Crippen LogP contribution in [0.3, 0.4) is 0 Å². The number of rotatable bonds is 5. The topological polar surface area (TPSA) is 60.7 Å². The molecule has 0 amide bonds. The van der Waals surface area contributed by atoms with Gasteiger partial charge in [-0.1, -0.05) is 37.4 Å². The van der Waals surface area contributed by atoms with Gasteiger partial charge in [-0.05, 0) is 38.8 Å². The maximum absolute atomic E-state index is 9.37. The van der Waals surface area contributed by atoms with Crippen molar-refractivity contribution in [3.05, 3.63) is 40.9 Å². The third kappa shape index (κ3) is 3.40. The van der Waals surface area contributed by atoms with E-state index in [1.807, 2.05) is 6.07 Å². The summed E-state index contributed by atoms with van der Waals surface area (Å²) in [5, 5.41) is 18.1. The molecule has 6 heteroatoms. The average Bonchev–Trinajstić information content (AvgIpc) is 3.03. The molecule has 1 saturated carbocycles. The molecule has 0 saturated heterocycles. The van der Waals surface area contributed by atoms with Crippen molar-refractivity contribution in [2.45, 2.75) is 64.1 Å². The van der Waals surface area contributed by atoms with Gasteiger partial charge >= 0.3 is 0 Å². The fraction of sp³-hybridized carbons (Fsp3) is 0.545. The summed E-state index contributed by atoms with van der Waals surface area (Å²) in [6.07, 6.45) is 5.72. The molecule has 1 aromatic carbocycles. The molecule has 1 aliphatic carbocycles. The number of nitrogens with one attached hydrogen (secondary N) is 2. The zero-order valence-electron chi connectivity index (χ0n) is 16.8. The van der Waals surface area contributed by atoms with Crippen LogP contribution in [0.25, 0.3) is 11.0 Å². The van der Waals surface area contributed by atoms with Crippen molar-refractivity contribution in [2.24, 2.45) is 0 Å². The van der Waals surface area contributed by atoms with Crippen molar-refractivity contribution in [3.63, 3.8) is 0 Å². The number of fused-ring (bicyclic) bond motifs is 4. The average molecular weight is 404 g/mol. The Bertz CT molecular complexity index is 884. The van der Waals surface area contributed by atoms with Crippen molar-refractivity contribution in [1.29, 1.82) is 0 Å². The zero-order chi connectivity index (χ0) is 19.9. The molecule has 0 radical (unpaired) electrons. The van der Waals surface area contributed by atoms with E-state index >= 15 is 0 Å². The first-order valence-corrected chi connectivity index (χ1v) is 10.7. The number of furan rings is 1. The molecule has 2 aliphatic rings. The molecule has 1 aromatic heterocycles. The number of hydrogen-bond acceptors (Lipinski definition) is 5. The summed E-state index contributed by atoms with van der Waals surface area (Å²) >= 11 is 6.69. The van der Waals surface area contributed by atoms with Crippen LogP contribution >= 0.6 is 11.6 Å². The molecule has 0 atom stereocenters. The van der Waals surface area contributed by atoms with Crippen LogP contribution in [0.15, 0.2) is 28.9 Å². The minimum Gasteiger partial charge on any atom is -0.459 e. The van der Waals surface area contributed by atoms with E-state index < -0.39 is 0 Å². The third-order valence-electron chi connectivity index (χ3n) is 6.14. The maximum atomic E-state index is 9.37. The van der Waals surface area contributed by atoms with Gasteiger partial charge in [-0.15, -0.1) is 0 Å². The van der Waals surface area contributed by atoms with Crippen LogP contribution in [0, 0.1) is 0 Å². The van der Waals surface area contributed by atoms with Gasteiger partial charge in [0.1, 0.15) is 11.3 Å². The summed E-state index contributed by atoms with van der Waals surface area (Å²) in [6, 6.07) is 4.40. The van der Waals surface area contributed by atoms with E-state index in [-0.39, 0.29) is 12.1 Å². The molecule has 152 valence electrons. The summed E-state index contributed by atoms with van der Waals surface area (Å²) < 4.78 is 6.42. The zero-order valence-corrected chi connectivity index (χ0v) is 17.5. The first kappa shape index (κ1) is 19.6. The molecule has 28 heavy (non-hydrogen) atoms. The van der Waals surface area contributed by atoms with Gasteiger partial charge in [0.05, 0.1) is 35.2 Å². The Morgan fingerprint density at radius 3 is 2.71 bits per heavy atom. The highest BCUT2D eigenvalue weighted by atomic mass is 35.5. The molecule has 1 fully saturated rings. The molecule has 5 nitrogen and oxygen atoms in total. The van der Waals surface area contributed by atoms with Crippen molar-refractivity contribution >= 4 is 28.3 Å². The number of anilines is 1. The Morgan fingerprint density at radius 1 is 1.29 bits per heavy atom. The number of aliphatic hydroxyl groups is 1. The number of aliphatic hydroxyl groups excluding tert-OH is 1. The lowest BCUT2D eigenvalue weighted by atomic mass is 9.74. The van der Waals surface area contributed by atoms with Crippen LogP contribution in [-0.2, 0) is 12.1 Å². The predicted molar refractivity (Wildman–Crippen MR) is 115 cm³/mol. The minimum atomic E-state index is -0.170. The summed E-state index contributed by atoms with van der Waals surface area (Å²) in [7, 11) is 0. The van der Waals surface area contributed by atoms with E-state index in [0.29, 0.717) is 24.2 Å². The number of hydrogen-bond donors (Lipinski definition) is 3.